The first kappa shape index (κ1) is 15.1. The fourth-order valence-electron chi connectivity index (χ4n) is 1.81. The second kappa shape index (κ2) is 6.02. The molecule has 0 heterocycles. The van der Waals surface area contributed by atoms with Crippen LogP contribution in [0.25, 0.3) is 0 Å². The Hall–Kier alpha value is -2.25. The van der Waals surface area contributed by atoms with Crippen LogP contribution >= 0.6 is 0 Å². The van der Waals surface area contributed by atoms with Crippen molar-refractivity contribution in [3.8, 4) is 5.75 Å². The Morgan fingerprint density at radius 1 is 1.14 bits per heavy atom. The lowest BCUT2D eigenvalue weighted by atomic mass is 10.2. The molecule has 0 saturated heterocycles. The first-order valence-electron chi connectivity index (χ1n) is 6.19. The van der Waals surface area contributed by atoms with Crippen molar-refractivity contribution >= 4 is 21.4 Å². The summed E-state index contributed by atoms with van der Waals surface area (Å²) in [5.74, 6) is 0.773. The normalized spacial score (nSPS) is 11.1. The van der Waals surface area contributed by atoms with E-state index in [0.717, 1.165) is 11.3 Å². The molecule has 0 saturated carbocycles. The minimum absolute atomic E-state index is 0.0222. The van der Waals surface area contributed by atoms with Crippen LogP contribution in [0.3, 0.4) is 0 Å². The highest BCUT2D eigenvalue weighted by molar-refractivity contribution is 7.89. The number of nitrogens with one attached hydrogen (secondary N) is 1. The second-order valence-corrected chi connectivity index (χ2v) is 6.06. The molecule has 21 heavy (non-hydrogen) atoms. The van der Waals surface area contributed by atoms with Crippen LogP contribution < -0.4 is 20.9 Å². The molecule has 2 aromatic rings. The zero-order valence-electron chi connectivity index (χ0n) is 11.5. The van der Waals surface area contributed by atoms with Crippen LogP contribution in [0.15, 0.2) is 47.4 Å². The maximum Gasteiger partial charge on any atom is 0.238 e. The van der Waals surface area contributed by atoms with E-state index < -0.39 is 10.0 Å². The minimum atomic E-state index is -3.75. The first-order chi connectivity index (χ1) is 9.90. The summed E-state index contributed by atoms with van der Waals surface area (Å²) in [6.07, 6.45) is 0. The maximum atomic E-state index is 11.3. The summed E-state index contributed by atoms with van der Waals surface area (Å²) < 4.78 is 27.8. The van der Waals surface area contributed by atoms with E-state index in [1.807, 2.05) is 24.3 Å². The van der Waals surface area contributed by atoms with Crippen LogP contribution in [0.4, 0.5) is 11.4 Å². The molecule has 0 radical (unpaired) electrons. The van der Waals surface area contributed by atoms with Crippen molar-refractivity contribution in [2.24, 2.45) is 5.14 Å². The molecule has 0 bridgehead atoms. The summed E-state index contributed by atoms with van der Waals surface area (Å²) in [7, 11) is -2.14. The highest BCUT2D eigenvalue weighted by Gasteiger charge is 2.10. The van der Waals surface area contributed by atoms with Crippen molar-refractivity contribution in [3.05, 3.63) is 48.0 Å². The van der Waals surface area contributed by atoms with E-state index >= 15 is 0 Å². The lowest BCUT2D eigenvalue weighted by Gasteiger charge is -2.11. The number of nitrogens with two attached hydrogens (primary N) is 2. The first-order valence-corrected chi connectivity index (χ1v) is 7.74. The number of rotatable bonds is 5. The summed E-state index contributed by atoms with van der Waals surface area (Å²) in [5, 5.41) is 8.20. The van der Waals surface area contributed by atoms with Gasteiger partial charge in [-0.25, -0.2) is 13.6 Å². The third-order valence-corrected chi connectivity index (χ3v) is 3.91. The van der Waals surface area contributed by atoms with Crippen molar-refractivity contribution in [2.45, 2.75) is 11.4 Å². The fraction of sp³-hybridized carbons (Fsp3) is 0.143. The van der Waals surface area contributed by atoms with Crippen LogP contribution in [0.1, 0.15) is 5.56 Å². The second-order valence-electron chi connectivity index (χ2n) is 4.50. The Balaban J connectivity index is 2.15. The number of hydrogen-bond donors (Lipinski definition) is 3. The van der Waals surface area contributed by atoms with Gasteiger partial charge in [0, 0.05) is 6.54 Å². The van der Waals surface area contributed by atoms with E-state index in [1.165, 1.54) is 18.2 Å². The van der Waals surface area contributed by atoms with Crippen molar-refractivity contribution < 1.29 is 13.2 Å². The van der Waals surface area contributed by atoms with E-state index in [1.54, 1.807) is 7.11 Å². The summed E-state index contributed by atoms with van der Waals surface area (Å²) in [6, 6.07) is 11.8. The Labute approximate surface area is 123 Å². The van der Waals surface area contributed by atoms with Gasteiger partial charge >= 0.3 is 0 Å². The molecule has 2 rings (SSSR count). The average molecular weight is 307 g/mol. The molecule has 0 aromatic heterocycles. The molecule has 112 valence electrons. The molecule has 0 aliphatic rings. The van der Waals surface area contributed by atoms with E-state index in [4.69, 9.17) is 15.6 Å². The third-order valence-electron chi connectivity index (χ3n) is 3.00. The van der Waals surface area contributed by atoms with Crippen LogP contribution in [-0.2, 0) is 16.6 Å². The lowest BCUT2D eigenvalue weighted by molar-refractivity contribution is 0.414. The fourth-order valence-corrected chi connectivity index (χ4v) is 2.35. The number of anilines is 2. The van der Waals surface area contributed by atoms with Crippen LogP contribution in [0.5, 0.6) is 5.75 Å². The number of hydrogen-bond acceptors (Lipinski definition) is 5. The number of methoxy groups -OCH3 is 1. The number of sulfonamides is 1. The van der Waals surface area contributed by atoms with Gasteiger partial charge in [0.05, 0.1) is 23.4 Å². The predicted molar refractivity (Wildman–Crippen MR) is 82.5 cm³/mol. The highest BCUT2D eigenvalue weighted by atomic mass is 32.2. The molecule has 0 amide bonds. The number of ether oxygens (including phenoxy) is 1. The van der Waals surface area contributed by atoms with Gasteiger partial charge in [0.2, 0.25) is 10.0 Å². The number of benzene rings is 2. The standard InChI is InChI=1S/C14H17N3O3S/c1-20-11-4-2-10(3-5-11)9-17-14-8-12(21(16,18)19)6-7-13(14)15/h2-8,17H,9,15H2,1H3,(H2,16,18,19). The zero-order valence-corrected chi connectivity index (χ0v) is 12.4. The molecule has 2 aromatic carbocycles. The predicted octanol–water partition coefficient (Wildman–Crippen LogP) is 1.54. The molecule has 0 unspecified atom stereocenters. The summed E-state index contributed by atoms with van der Waals surface area (Å²) in [5.41, 5.74) is 7.81. The van der Waals surface area contributed by atoms with Gasteiger partial charge in [0.15, 0.2) is 0 Å². The molecule has 5 N–H and O–H groups in total. The molecule has 0 atom stereocenters. The summed E-state index contributed by atoms with van der Waals surface area (Å²) in [6.45, 7) is 0.502. The molecule has 0 fully saturated rings. The number of nitrogen functional groups attached to an aromatic ring is 1. The van der Waals surface area contributed by atoms with Gasteiger partial charge in [-0.15, -0.1) is 0 Å². The zero-order chi connectivity index (χ0) is 15.5. The molecule has 0 spiro atoms. The van der Waals surface area contributed by atoms with Crippen molar-refractivity contribution in [1.29, 1.82) is 0 Å². The molecular weight excluding hydrogens is 290 g/mol. The molecule has 0 aliphatic heterocycles. The van der Waals surface area contributed by atoms with Gasteiger partial charge in [-0.1, -0.05) is 12.1 Å². The lowest BCUT2D eigenvalue weighted by Crippen LogP contribution is -2.13. The van der Waals surface area contributed by atoms with Gasteiger partial charge in [-0.3, -0.25) is 0 Å². The van der Waals surface area contributed by atoms with Crippen molar-refractivity contribution in [1.82, 2.24) is 0 Å². The van der Waals surface area contributed by atoms with Crippen LogP contribution in [0.2, 0.25) is 0 Å². The summed E-state index contributed by atoms with van der Waals surface area (Å²) in [4.78, 5) is 0.0222. The smallest absolute Gasteiger partial charge is 0.238 e. The highest BCUT2D eigenvalue weighted by Crippen LogP contribution is 2.23. The molecule has 7 heteroatoms. The van der Waals surface area contributed by atoms with Crippen molar-refractivity contribution in [3.63, 3.8) is 0 Å². The Kier molecular flexibility index (Phi) is 4.35. The maximum absolute atomic E-state index is 11.3. The van der Waals surface area contributed by atoms with Gasteiger partial charge in [-0.05, 0) is 35.9 Å². The van der Waals surface area contributed by atoms with E-state index in [9.17, 15) is 8.42 Å². The largest absolute Gasteiger partial charge is 0.497 e. The van der Waals surface area contributed by atoms with Crippen molar-refractivity contribution in [2.75, 3.05) is 18.2 Å². The molecule has 0 aliphatic carbocycles. The topological polar surface area (TPSA) is 107 Å². The van der Waals surface area contributed by atoms with Crippen LogP contribution in [0, 0.1) is 0 Å². The monoisotopic (exact) mass is 307 g/mol. The SMILES string of the molecule is COc1ccc(CNc2cc(S(N)(=O)=O)ccc2N)cc1. The third kappa shape index (κ3) is 3.87. The van der Waals surface area contributed by atoms with Gasteiger partial charge in [0.25, 0.3) is 0 Å². The van der Waals surface area contributed by atoms with Gasteiger partial charge in [-0.2, -0.15) is 0 Å². The Morgan fingerprint density at radius 3 is 2.38 bits per heavy atom. The number of primary sulfonamides is 1. The quantitative estimate of drug-likeness (QED) is 0.726. The Bertz CT molecular complexity index is 728. The molecular formula is C14H17N3O3S. The van der Waals surface area contributed by atoms with E-state index in [0.29, 0.717) is 17.9 Å². The van der Waals surface area contributed by atoms with Gasteiger partial charge < -0.3 is 15.8 Å². The summed E-state index contributed by atoms with van der Waals surface area (Å²) >= 11 is 0. The van der Waals surface area contributed by atoms with E-state index in [-0.39, 0.29) is 4.90 Å². The van der Waals surface area contributed by atoms with E-state index in [2.05, 4.69) is 5.32 Å². The Morgan fingerprint density at radius 2 is 1.81 bits per heavy atom. The minimum Gasteiger partial charge on any atom is -0.497 e. The van der Waals surface area contributed by atoms with Gasteiger partial charge in [0.1, 0.15) is 5.75 Å². The average Bonchev–Trinajstić information content (AvgIpc) is 2.45. The molecule has 6 nitrogen and oxygen atoms in total. The van der Waals surface area contributed by atoms with Crippen LogP contribution in [-0.4, -0.2) is 15.5 Å².